The fourth-order valence-corrected chi connectivity index (χ4v) is 2.51. The van der Waals surface area contributed by atoms with Crippen LogP contribution >= 0.6 is 0 Å². The maximum Gasteiger partial charge on any atom is 0.253 e. The topological polar surface area (TPSA) is 98.5 Å². The lowest BCUT2D eigenvalue weighted by molar-refractivity contribution is -0.126. The fourth-order valence-electron chi connectivity index (χ4n) is 1.98. The summed E-state index contributed by atoms with van der Waals surface area (Å²) in [7, 11) is -3.97. The molecule has 1 aliphatic heterocycles. The number of hydrogen-bond donors (Lipinski definition) is 2. The van der Waals surface area contributed by atoms with Gasteiger partial charge in [0.2, 0.25) is 10.0 Å². The van der Waals surface area contributed by atoms with E-state index < -0.39 is 27.9 Å². The molecule has 2 unspecified atom stereocenters. The Kier molecular flexibility index (Phi) is 4.07. The van der Waals surface area contributed by atoms with Crippen LogP contribution in [0, 0.1) is 5.82 Å². The molecule has 1 amide bonds. The molecule has 0 bridgehead atoms. The van der Waals surface area contributed by atoms with Gasteiger partial charge in [0.25, 0.3) is 5.91 Å². The quantitative estimate of drug-likeness (QED) is 0.869. The molecule has 3 N–H and O–H groups in total. The Morgan fingerprint density at radius 3 is 2.65 bits per heavy atom. The number of benzene rings is 1. The molecule has 20 heavy (non-hydrogen) atoms. The van der Waals surface area contributed by atoms with Crippen LogP contribution in [0.1, 0.15) is 19.8 Å². The van der Waals surface area contributed by atoms with Crippen molar-refractivity contribution >= 4 is 21.6 Å². The molecule has 0 spiro atoms. The summed E-state index contributed by atoms with van der Waals surface area (Å²) in [6, 6.07) is 3.06. The number of anilines is 1. The van der Waals surface area contributed by atoms with Crippen molar-refractivity contribution in [2.24, 2.45) is 5.14 Å². The molecular weight excluding hydrogens is 287 g/mol. The number of carbonyl (C=O) groups excluding carboxylic acids is 1. The van der Waals surface area contributed by atoms with E-state index >= 15 is 0 Å². The lowest BCUT2D eigenvalue weighted by Gasteiger charge is -2.12. The zero-order valence-corrected chi connectivity index (χ0v) is 11.6. The minimum atomic E-state index is -3.97. The van der Waals surface area contributed by atoms with E-state index in [1.807, 2.05) is 6.92 Å². The third-order valence-corrected chi connectivity index (χ3v) is 3.96. The summed E-state index contributed by atoms with van der Waals surface area (Å²) >= 11 is 0. The first-order chi connectivity index (χ1) is 9.27. The van der Waals surface area contributed by atoms with E-state index in [4.69, 9.17) is 9.88 Å². The Morgan fingerprint density at radius 1 is 1.45 bits per heavy atom. The van der Waals surface area contributed by atoms with Crippen molar-refractivity contribution < 1.29 is 22.3 Å². The summed E-state index contributed by atoms with van der Waals surface area (Å²) < 4.78 is 41.2. The minimum Gasteiger partial charge on any atom is -0.365 e. The number of halogens is 1. The van der Waals surface area contributed by atoms with Crippen LogP contribution in [0.3, 0.4) is 0 Å². The zero-order valence-electron chi connectivity index (χ0n) is 10.8. The number of sulfonamides is 1. The molecule has 2 rings (SSSR count). The molecule has 1 fully saturated rings. The van der Waals surface area contributed by atoms with Crippen molar-refractivity contribution in [2.45, 2.75) is 36.9 Å². The van der Waals surface area contributed by atoms with Crippen LogP contribution in [0.2, 0.25) is 0 Å². The number of amides is 1. The van der Waals surface area contributed by atoms with Gasteiger partial charge >= 0.3 is 0 Å². The van der Waals surface area contributed by atoms with Crippen molar-refractivity contribution in [3.63, 3.8) is 0 Å². The van der Waals surface area contributed by atoms with Crippen LogP contribution in [-0.4, -0.2) is 26.5 Å². The lowest BCUT2D eigenvalue weighted by atomic mass is 10.2. The molecule has 0 saturated carbocycles. The lowest BCUT2D eigenvalue weighted by Crippen LogP contribution is -2.28. The van der Waals surface area contributed by atoms with Gasteiger partial charge in [0.05, 0.1) is 16.7 Å². The highest BCUT2D eigenvalue weighted by atomic mass is 32.2. The Morgan fingerprint density at radius 2 is 2.15 bits per heavy atom. The number of primary sulfonamides is 1. The third-order valence-electron chi connectivity index (χ3n) is 3.05. The van der Waals surface area contributed by atoms with E-state index in [-0.39, 0.29) is 16.7 Å². The van der Waals surface area contributed by atoms with Crippen molar-refractivity contribution in [3.05, 3.63) is 24.0 Å². The second-order valence-electron chi connectivity index (χ2n) is 4.69. The first-order valence-electron chi connectivity index (χ1n) is 6.06. The van der Waals surface area contributed by atoms with Gasteiger partial charge in [0, 0.05) is 0 Å². The highest BCUT2D eigenvalue weighted by Crippen LogP contribution is 2.22. The highest BCUT2D eigenvalue weighted by Gasteiger charge is 2.28. The number of hydrogen-bond acceptors (Lipinski definition) is 4. The Bertz CT molecular complexity index is 632. The smallest absolute Gasteiger partial charge is 0.253 e. The van der Waals surface area contributed by atoms with E-state index in [0.717, 1.165) is 24.6 Å². The molecular formula is C12H15FN2O4S. The van der Waals surface area contributed by atoms with Crippen LogP contribution < -0.4 is 10.5 Å². The predicted molar refractivity (Wildman–Crippen MR) is 70.0 cm³/mol. The van der Waals surface area contributed by atoms with E-state index in [9.17, 15) is 17.6 Å². The summed E-state index contributed by atoms with van der Waals surface area (Å²) in [5.41, 5.74) is -0.106. The molecule has 2 atom stereocenters. The molecule has 1 aromatic carbocycles. The maximum atomic E-state index is 13.7. The standard InChI is InChI=1S/C12H15FN2O4S/c1-7-2-5-11(19-7)12(16)15-10-4-3-8(6-9(10)13)20(14,17)18/h3-4,6-7,11H,2,5H2,1H3,(H,15,16)(H2,14,17,18). The van der Waals surface area contributed by atoms with Crippen molar-refractivity contribution in [1.82, 2.24) is 0 Å². The minimum absolute atomic E-state index is 0.000330. The second-order valence-corrected chi connectivity index (χ2v) is 6.25. The van der Waals surface area contributed by atoms with Crippen LogP contribution in [0.4, 0.5) is 10.1 Å². The molecule has 110 valence electrons. The highest BCUT2D eigenvalue weighted by molar-refractivity contribution is 7.89. The van der Waals surface area contributed by atoms with E-state index in [0.29, 0.717) is 6.42 Å². The largest absolute Gasteiger partial charge is 0.365 e. The number of rotatable bonds is 3. The maximum absolute atomic E-state index is 13.7. The number of carbonyl (C=O) groups is 1. The zero-order chi connectivity index (χ0) is 14.9. The average molecular weight is 302 g/mol. The molecule has 1 heterocycles. The van der Waals surface area contributed by atoms with Gasteiger partial charge in [-0.15, -0.1) is 0 Å². The third kappa shape index (κ3) is 3.33. The Balaban J connectivity index is 2.12. The Hall–Kier alpha value is -1.51. The molecule has 1 aliphatic rings. The normalized spacial score (nSPS) is 22.8. The van der Waals surface area contributed by atoms with Gasteiger partial charge in [-0.3, -0.25) is 4.79 Å². The summed E-state index contributed by atoms with van der Waals surface area (Å²) in [6.07, 6.45) is 0.733. The molecule has 8 heteroatoms. The molecule has 1 saturated heterocycles. The van der Waals surface area contributed by atoms with Gasteiger partial charge in [0.15, 0.2) is 0 Å². The van der Waals surface area contributed by atoms with Gasteiger partial charge < -0.3 is 10.1 Å². The molecule has 1 aromatic rings. The molecule has 0 aliphatic carbocycles. The first kappa shape index (κ1) is 14.9. The molecule has 0 aromatic heterocycles. The van der Waals surface area contributed by atoms with E-state index in [2.05, 4.69) is 5.32 Å². The number of nitrogens with two attached hydrogens (primary N) is 1. The van der Waals surface area contributed by atoms with Crippen molar-refractivity contribution in [2.75, 3.05) is 5.32 Å². The molecule has 6 nitrogen and oxygen atoms in total. The van der Waals surface area contributed by atoms with Gasteiger partial charge in [-0.25, -0.2) is 17.9 Å². The summed E-state index contributed by atoms with van der Waals surface area (Å²) in [4.78, 5) is 11.5. The Labute approximate surface area is 116 Å². The van der Waals surface area contributed by atoms with Crippen molar-refractivity contribution in [1.29, 1.82) is 0 Å². The van der Waals surface area contributed by atoms with Crippen LogP contribution in [0.5, 0.6) is 0 Å². The average Bonchev–Trinajstić information content (AvgIpc) is 2.77. The fraction of sp³-hybridized carbons (Fsp3) is 0.417. The van der Waals surface area contributed by atoms with Crippen LogP contribution in [0.15, 0.2) is 23.1 Å². The first-order valence-corrected chi connectivity index (χ1v) is 7.60. The predicted octanol–water partition coefficient (Wildman–Crippen LogP) is 0.979. The number of nitrogens with one attached hydrogen (secondary N) is 1. The van der Waals surface area contributed by atoms with Gasteiger partial charge in [-0.05, 0) is 38.0 Å². The van der Waals surface area contributed by atoms with Crippen LogP contribution in [-0.2, 0) is 19.6 Å². The van der Waals surface area contributed by atoms with Crippen molar-refractivity contribution in [3.8, 4) is 0 Å². The second kappa shape index (κ2) is 5.47. The van der Waals surface area contributed by atoms with Gasteiger partial charge in [-0.2, -0.15) is 0 Å². The van der Waals surface area contributed by atoms with E-state index in [1.165, 1.54) is 0 Å². The number of ether oxygens (including phenoxy) is 1. The monoisotopic (exact) mass is 302 g/mol. The van der Waals surface area contributed by atoms with Gasteiger partial charge in [-0.1, -0.05) is 0 Å². The summed E-state index contributed by atoms with van der Waals surface area (Å²) in [6.45, 7) is 1.86. The van der Waals surface area contributed by atoms with Gasteiger partial charge in [0.1, 0.15) is 11.9 Å². The SMILES string of the molecule is CC1CCC(C(=O)Nc2ccc(S(N)(=O)=O)cc2F)O1. The summed E-state index contributed by atoms with van der Waals surface area (Å²) in [5, 5.41) is 7.27. The summed E-state index contributed by atoms with van der Waals surface area (Å²) in [5.74, 6) is -1.31. The van der Waals surface area contributed by atoms with Crippen LogP contribution in [0.25, 0.3) is 0 Å². The van der Waals surface area contributed by atoms with E-state index in [1.54, 1.807) is 0 Å². The molecule has 0 radical (unpaired) electrons.